The predicted octanol–water partition coefficient (Wildman–Crippen LogP) is 5.30. The Bertz CT molecular complexity index is 1230. The van der Waals surface area contributed by atoms with Gasteiger partial charge in [0.25, 0.3) is 0 Å². The van der Waals surface area contributed by atoms with Crippen molar-refractivity contribution in [1.82, 2.24) is 4.90 Å². The number of allylic oxidation sites excluding steroid dienone is 1. The molecule has 6 atom stereocenters. The Morgan fingerprint density at radius 3 is 2.59 bits per heavy atom. The van der Waals surface area contributed by atoms with Gasteiger partial charge in [0.1, 0.15) is 24.7 Å². The number of unbranched alkanes of at least 4 members (excludes halogenated alkanes) is 2. The third-order valence-electron chi connectivity index (χ3n) is 9.91. The van der Waals surface area contributed by atoms with Gasteiger partial charge in [-0.3, -0.25) is 4.79 Å². The lowest BCUT2D eigenvalue weighted by atomic mass is 9.55. The highest BCUT2D eigenvalue weighted by Gasteiger charge is 2.65. The molecular formula is C35H50N2O7. The van der Waals surface area contributed by atoms with Crippen molar-refractivity contribution in [1.29, 1.82) is 0 Å². The Labute approximate surface area is 261 Å². The number of carbonyl (C=O) groups excluding carboxylic acids is 1. The number of fused-ring (bicyclic) bond motifs is 2. The summed E-state index contributed by atoms with van der Waals surface area (Å²) in [7, 11) is 1.55. The van der Waals surface area contributed by atoms with Crippen LogP contribution in [0.2, 0.25) is 0 Å². The van der Waals surface area contributed by atoms with Gasteiger partial charge in [-0.05, 0) is 80.6 Å². The Hall–Kier alpha value is -2.88. The van der Waals surface area contributed by atoms with E-state index in [1.165, 1.54) is 0 Å². The maximum absolute atomic E-state index is 14.0. The molecule has 1 aromatic carbocycles. The number of phenols is 1. The molecule has 242 valence electrons. The Balaban J connectivity index is 1.74. The second-order valence-corrected chi connectivity index (χ2v) is 12.8. The second kappa shape index (κ2) is 14.5. The minimum atomic E-state index is -1.22. The predicted molar refractivity (Wildman–Crippen MR) is 168 cm³/mol. The fourth-order valence-electron chi connectivity index (χ4n) is 7.99. The zero-order valence-corrected chi connectivity index (χ0v) is 26.3. The maximum atomic E-state index is 14.0. The third kappa shape index (κ3) is 6.28. The first-order valence-corrected chi connectivity index (χ1v) is 16.5. The van der Waals surface area contributed by atoms with Gasteiger partial charge in [-0.2, -0.15) is 0 Å². The molecule has 0 radical (unpaired) electrons. The molecule has 1 amide bonds. The first-order chi connectivity index (χ1) is 21.4. The first kappa shape index (κ1) is 32.5. The number of oxime groups is 1. The topological polar surface area (TPSA) is 121 Å². The lowest BCUT2D eigenvalue weighted by molar-refractivity contribution is -0.257. The SMILES string of the molecule is C=CCOC12Oc3ccc(O)cc3C3C(CCCCO)C(CCCCO)C=C(C(=NOC)CC1N(CCC)C(=O)C1CC1)C32. The molecule has 3 N–H and O–H groups in total. The molecule has 9 heteroatoms. The number of benzene rings is 1. The Morgan fingerprint density at radius 2 is 1.93 bits per heavy atom. The summed E-state index contributed by atoms with van der Waals surface area (Å²) in [4.78, 5) is 21.4. The number of hydrogen-bond donors (Lipinski definition) is 3. The van der Waals surface area contributed by atoms with E-state index in [1.807, 2.05) is 17.0 Å². The van der Waals surface area contributed by atoms with Crippen LogP contribution in [0.4, 0.5) is 0 Å². The molecule has 2 fully saturated rings. The van der Waals surface area contributed by atoms with E-state index in [1.54, 1.807) is 19.3 Å². The van der Waals surface area contributed by atoms with Crippen LogP contribution in [0.25, 0.3) is 0 Å². The van der Waals surface area contributed by atoms with E-state index < -0.39 is 11.8 Å². The third-order valence-corrected chi connectivity index (χ3v) is 9.91. The molecule has 9 nitrogen and oxygen atoms in total. The lowest BCUT2D eigenvalue weighted by Gasteiger charge is -2.60. The summed E-state index contributed by atoms with van der Waals surface area (Å²) in [6, 6.07) is 4.83. The smallest absolute Gasteiger partial charge is 0.239 e. The molecule has 0 aromatic heterocycles. The molecule has 0 saturated heterocycles. The van der Waals surface area contributed by atoms with Gasteiger partial charge in [-0.15, -0.1) is 6.58 Å². The van der Waals surface area contributed by atoms with Crippen LogP contribution in [0, 0.1) is 23.7 Å². The van der Waals surface area contributed by atoms with Crippen molar-refractivity contribution in [2.24, 2.45) is 28.8 Å². The number of carbonyl (C=O) groups is 1. The minimum absolute atomic E-state index is 0.0230. The van der Waals surface area contributed by atoms with E-state index in [2.05, 4.69) is 24.7 Å². The van der Waals surface area contributed by atoms with E-state index in [9.17, 15) is 20.1 Å². The zero-order valence-electron chi connectivity index (χ0n) is 26.3. The summed E-state index contributed by atoms with van der Waals surface area (Å²) in [5, 5.41) is 34.6. The maximum Gasteiger partial charge on any atom is 0.239 e. The second-order valence-electron chi connectivity index (χ2n) is 12.8. The van der Waals surface area contributed by atoms with Crippen LogP contribution in [0.1, 0.15) is 82.6 Å². The van der Waals surface area contributed by atoms with Crippen LogP contribution >= 0.6 is 0 Å². The van der Waals surface area contributed by atoms with Crippen LogP contribution in [0.5, 0.6) is 11.5 Å². The van der Waals surface area contributed by atoms with Crippen molar-refractivity contribution in [3.05, 3.63) is 48.1 Å². The summed E-state index contributed by atoms with van der Waals surface area (Å²) in [5.74, 6) is -0.363. The van der Waals surface area contributed by atoms with Crippen LogP contribution in [0.15, 0.2) is 47.7 Å². The first-order valence-electron chi connectivity index (χ1n) is 16.5. The molecule has 44 heavy (non-hydrogen) atoms. The molecule has 0 spiro atoms. The number of aliphatic hydroxyl groups is 2. The number of aromatic hydroxyl groups is 1. The molecular weight excluding hydrogens is 560 g/mol. The van der Waals surface area contributed by atoms with Gasteiger partial charge in [0.15, 0.2) is 0 Å². The van der Waals surface area contributed by atoms with E-state index >= 15 is 0 Å². The standard InChI is InChI=1S/C35H50N2O7/c1-4-16-37(34(41)23-12-13-23)31-22-29(36-42-3)27-20-24(10-6-8-17-38)26(11-7-9-18-39)32-28-21-25(40)14-15-30(28)44-35(31,33(27)32)43-19-5-2/h5,14-15,20-21,23-24,26,31-33,38-40H,2,4,6-13,16-19,22H2,1,3H3. The largest absolute Gasteiger partial charge is 0.508 e. The van der Waals surface area contributed by atoms with Crippen molar-refractivity contribution < 1.29 is 34.4 Å². The van der Waals surface area contributed by atoms with Crippen molar-refractivity contribution >= 4 is 11.6 Å². The number of nitrogens with zero attached hydrogens (tertiary/aromatic N) is 2. The molecule has 4 aliphatic rings. The summed E-state index contributed by atoms with van der Waals surface area (Å²) < 4.78 is 13.9. The average Bonchev–Trinajstić information content (AvgIpc) is 3.87. The van der Waals surface area contributed by atoms with Crippen molar-refractivity contribution in [2.75, 3.05) is 33.5 Å². The summed E-state index contributed by atoms with van der Waals surface area (Å²) in [6.07, 6.45) is 12.0. The summed E-state index contributed by atoms with van der Waals surface area (Å²) >= 11 is 0. The van der Waals surface area contributed by atoms with Gasteiger partial charge >= 0.3 is 0 Å². The van der Waals surface area contributed by atoms with Gasteiger partial charge in [-0.1, -0.05) is 37.1 Å². The van der Waals surface area contributed by atoms with Crippen molar-refractivity contribution in [3.63, 3.8) is 0 Å². The van der Waals surface area contributed by atoms with Crippen molar-refractivity contribution in [3.8, 4) is 11.5 Å². The average molecular weight is 611 g/mol. The zero-order chi connectivity index (χ0) is 31.3. The van der Waals surface area contributed by atoms with Gasteiger partial charge in [0.2, 0.25) is 11.7 Å². The number of rotatable bonds is 16. The number of amides is 1. The fraction of sp³-hybridized carbons (Fsp3) is 0.657. The number of ether oxygens (including phenoxy) is 2. The number of aliphatic hydroxyl groups excluding tert-OH is 2. The highest BCUT2D eigenvalue weighted by atomic mass is 16.7. The number of phenolic OH excluding ortho intramolecular Hbond substituents is 1. The van der Waals surface area contributed by atoms with E-state index in [0.29, 0.717) is 25.1 Å². The van der Waals surface area contributed by atoms with Crippen LogP contribution in [-0.4, -0.2) is 77.1 Å². The normalized spacial score (nSPS) is 29.7. The van der Waals surface area contributed by atoms with Gasteiger partial charge in [0.05, 0.1) is 18.2 Å². The van der Waals surface area contributed by atoms with Crippen LogP contribution in [-0.2, 0) is 14.4 Å². The molecule has 6 unspecified atom stereocenters. The van der Waals surface area contributed by atoms with E-state index in [4.69, 9.17) is 14.3 Å². The molecule has 1 aromatic rings. The lowest BCUT2D eigenvalue weighted by Crippen LogP contribution is -2.70. The quantitative estimate of drug-likeness (QED) is 0.132. The monoisotopic (exact) mass is 610 g/mol. The van der Waals surface area contributed by atoms with E-state index in [0.717, 1.165) is 68.2 Å². The molecule has 3 aliphatic carbocycles. The van der Waals surface area contributed by atoms with Gasteiger partial charge < -0.3 is 34.5 Å². The molecule has 5 rings (SSSR count). The van der Waals surface area contributed by atoms with Crippen molar-refractivity contribution in [2.45, 2.75) is 88.9 Å². The minimum Gasteiger partial charge on any atom is -0.508 e. The highest BCUT2D eigenvalue weighted by Crippen LogP contribution is 2.62. The Kier molecular flexibility index (Phi) is 10.7. The highest BCUT2D eigenvalue weighted by molar-refractivity contribution is 6.03. The molecule has 1 aliphatic heterocycles. The summed E-state index contributed by atoms with van der Waals surface area (Å²) in [6.45, 7) is 7.13. The van der Waals surface area contributed by atoms with Crippen LogP contribution in [0.3, 0.4) is 0 Å². The molecule has 0 bridgehead atoms. The molecule has 1 heterocycles. The van der Waals surface area contributed by atoms with E-state index in [-0.39, 0.29) is 61.1 Å². The Morgan fingerprint density at radius 1 is 1.18 bits per heavy atom. The van der Waals surface area contributed by atoms with Gasteiger partial charge in [0, 0.05) is 43.6 Å². The summed E-state index contributed by atoms with van der Waals surface area (Å²) in [5.41, 5.74) is 2.73. The number of hydrogen-bond acceptors (Lipinski definition) is 8. The fourth-order valence-corrected chi connectivity index (χ4v) is 7.99. The van der Waals surface area contributed by atoms with Gasteiger partial charge in [-0.25, -0.2) is 0 Å². The van der Waals surface area contributed by atoms with Crippen LogP contribution < -0.4 is 4.74 Å². The molecule has 2 saturated carbocycles.